The third-order valence-corrected chi connectivity index (χ3v) is 3.94. The Labute approximate surface area is 129 Å². The number of aromatic nitrogens is 2. The van der Waals surface area contributed by atoms with E-state index in [-0.39, 0.29) is 11.9 Å². The molecule has 3 rings (SSSR count). The Balaban J connectivity index is 1.76. The van der Waals surface area contributed by atoms with Gasteiger partial charge in [0.15, 0.2) is 0 Å². The molecule has 116 valence electrons. The van der Waals surface area contributed by atoms with Crippen LogP contribution in [0.3, 0.4) is 0 Å². The van der Waals surface area contributed by atoms with Crippen molar-refractivity contribution in [2.45, 2.75) is 25.9 Å². The van der Waals surface area contributed by atoms with Crippen LogP contribution in [0.25, 0.3) is 11.3 Å². The van der Waals surface area contributed by atoms with Crippen LogP contribution < -0.4 is 4.74 Å². The van der Waals surface area contributed by atoms with E-state index in [1.54, 1.807) is 12.1 Å². The van der Waals surface area contributed by atoms with E-state index in [0.29, 0.717) is 5.88 Å². The van der Waals surface area contributed by atoms with Crippen LogP contribution in [0.4, 0.5) is 4.39 Å². The van der Waals surface area contributed by atoms with Gasteiger partial charge in [0.25, 0.3) is 0 Å². The predicted molar refractivity (Wildman–Crippen MR) is 83.3 cm³/mol. The summed E-state index contributed by atoms with van der Waals surface area (Å²) in [5.74, 6) is 0.334. The lowest BCUT2D eigenvalue weighted by Gasteiger charge is -2.29. The molecule has 0 aliphatic carbocycles. The summed E-state index contributed by atoms with van der Waals surface area (Å²) in [5.41, 5.74) is 2.52. The number of rotatable bonds is 3. The molecule has 22 heavy (non-hydrogen) atoms. The number of piperidine rings is 1. The molecule has 2 heterocycles. The van der Waals surface area contributed by atoms with Crippen molar-refractivity contribution in [1.29, 1.82) is 0 Å². The van der Waals surface area contributed by atoms with Crippen LogP contribution >= 0.6 is 0 Å². The fraction of sp³-hybridized carbons (Fsp3) is 0.412. The minimum atomic E-state index is -0.255. The van der Waals surface area contributed by atoms with Gasteiger partial charge in [-0.1, -0.05) is 0 Å². The zero-order chi connectivity index (χ0) is 15.5. The third kappa shape index (κ3) is 3.42. The van der Waals surface area contributed by atoms with Crippen molar-refractivity contribution in [3.05, 3.63) is 41.7 Å². The average Bonchev–Trinajstić information content (AvgIpc) is 2.50. The van der Waals surface area contributed by atoms with Crippen LogP contribution in [0.2, 0.25) is 0 Å². The maximum atomic E-state index is 13.0. The van der Waals surface area contributed by atoms with Crippen molar-refractivity contribution < 1.29 is 9.13 Å². The molecular formula is C17H20FN3O. The minimum absolute atomic E-state index is 0.170. The Morgan fingerprint density at radius 3 is 2.68 bits per heavy atom. The molecule has 0 bridgehead atoms. The molecule has 0 radical (unpaired) electrons. The molecule has 1 aromatic heterocycles. The number of likely N-dealkylation sites (tertiary alicyclic amines) is 1. The summed E-state index contributed by atoms with van der Waals surface area (Å²) in [5, 5.41) is 8.42. The number of aryl methyl sites for hydroxylation is 1. The molecule has 1 fully saturated rings. The fourth-order valence-corrected chi connectivity index (χ4v) is 2.73. The van der Waals surface area contributed by atoms with Crippen molar-refractivity contribution in [1.82, 2.24) is 15.1 Å². The second-order valence-corrected chi connectivity index (χ2v) is 5.87. The van der Waals surface area contributed by atoms with Gasteiger partial charge in [-0.25, -0.2) is 4.39 Å². The minimum Gasteiger partial charge on any atom is -0.472 e. The van der Waals surface area contributed by atoms with Gasteiger partial charge in [0.2, 0.25) is 5.88 Å². The van der Waals surface area contributed by atoms with Crippen LogP contribution in [-0.2, 0) is 0 Å². The van der Waals surface area contributed by atoms with Crippen molar-refractivity contribution in [2.24, 2.45) is 0 Å². The molecule has 0 N–H and O–H groups in total. The number of nitrogens with zero attached hydrogens (tertiary/aromatic N) is 3. The monoisotopic (exact) mass is 301 g/mol. The van der Waals surface area contributed by atoms with Crippen molar-refractivity contribution in [3.8, 4) is 17.1 Å². The van der Waals surface area contributed by atoms with Gasteiger partial charge in [-0.15, -0.1) is 10.2 Å². The highest BCUT2D eigenvalue weighted by Crippen LogP contribution is 2.23. The maximum absolute atomic E-state index is 13.0. The lowest BCUT2D eigenvalue weighted by atomic mass is 10.1. The molecular weight excluding hydrogens is 281 g/mol. The standard InChI is InChI=1S/C17H20FN3O/c1-12-10-16(13-5-7-14(18)8-6-13)19-20-17(12)22-15-4-3-9-21(2)11-15/h5-8,10,15H,3-4,9,11H2,1-2H3/t15-/m1/s1. The van der Waals surface area contributed by atoms with Gasteiger partial charge >= 0.3 is 0 Å². The summed E-state index contributed by atoms with van der Waals surface area (Å²) in [6.07, 6.45) is 2.36. The van der Waals surface area contributed by atoms with E-state index in [2.05, 4.69) is 22.1 Å². The summed E-state index contributed by atoms with van der Waals surface area (Å²) in [6, 6.07) is 8.19. The Morgan fingerprint density at radius 1 is 1.23 bits per heavy atom. The Bertz CT molecular complexity index is 645. The van der Waals surface area contributed by atoms with Gasteiger partial charge in [-0.05, 0) is 63.7 Å². The summed E-state index contributed by atoms with van der Waals surface area (Å²) >= 11 is 0. The topological polar surface area (TPSA) is 38.3 Å². The summed E-state index contributed by atoms with van der Waals surface area (Å²) in [6.45, 7) is 4.00. The molecule has 0 spiro atoms. The number of hydrogen-bond donors (Lipinski definition) is 0. The predicted octanol–water partition coefficient (Wildman–Crippen LogP) is 3.06. The number of ether oxygens (including phenoxy) is 1. The Morgan fingerprint density at radius 2 is 2.00 bits per heavy atom. The van der Waals surface area contributed by atoms with Gasteiger partial charge in [0.05, 0.1) is 5.69 Å². The molecule has 1 aromatic carbocycles. The fourth-order valence-electron chi connectivity index (χ4n) is 2.73. The first kappa shape index (κ1) is 14.9. The van der Waals surface area contributed by atoms with E-state index >= 15 is 0 Å². The lowest BCUT2D eigenvalue weighted by Crippen LogP contribution is -2.38. The Hall–Kier alpha value is -2.01. The molecule has 0 saturated carbocycles. The maximum Gasteiger partial charge on any atom is 0.236 e. The van der Waals surface area contributed by atoms with Crippen LogP contribution in [-0.4, -0.2) is 41.3 Å². The van der Waals surface area contributed by atoms with Gasteiger partial charge in [0.1, 0.15) is 11.9 Å². The molecule has 2 aromatic rings. The van der Waals surface area contributed by atoms with Crippen molar-refractivity contribution in [2.75, 3.05) is 20.1 Å². The largest absolute Gasteiger partial charge is 0.472 e. The van der Waals surface area contributed by atoms with Crippen LogP contribution in [0.15, 0.2) is 30.3 Å². The van der Waals surface area contributed by atoms with E-state index in [4.69, 9.17) is 4.74 Å². The van der Waals surface area contributed by atoms with Gasteiger partial charge in [-0.3, -0.25) is 0 Å². The second-order valence-electron chi connectivity index (χ2n) is 5.87. The second kappa shape index (κ2) is 6.40. The lowest BCUT2D eigenvalue weighted by molar-refractivity contribution is 0.0984. The van der Waals surface area contributed by atoms with Gasteiger partial charge in [-0.2, -0.15) is 0 Å². The highest BCUT2D eigenvalue weighted by molar-refractivity contribution is 5.59. The first-order valence-electron chi connectivity index (χ1n) is 7.57. The number of hydrogen-bond acceptors (Lipinski definition) is 4. The molecule has 1 saturated heterocycles. The van der Waals surface area contributed by atoms with E-state index in [0.717, 1.165) is 42.8 Å². The van der Waals surface area contributed by atoms with E-state index < -0.39 is 0 Å². The quantitative estimate of drug-likeness (QED) is 0.873. The number of likely N-dealkylation sites (N-methyl/N-ethyl adjacent to an activating group) is 1. The first-order valence-corrected chi connectivity index (χ1v) is 7.57. The molecule has 4 nitrogen and oxygen atoms in total. The Kier molecular flexibility index (Phi) is 4.34. The van der Waals surface area contributed by atoms with Gasteiger partial charge < -0.3 is 9.64 Å². The SMILES string of the molecule is Cc1cc(-c2ccc(F)cc2)nnc1O[C@@H]1CCCN(C)C1. The summed E-state index contributed by atoms with van der Waals surface area (Å²) < 4.78 is 19.0. The zero-order valence-electron chi connectivity index (χ0n) is 12.9. The summed E-state index contributed by atoms with van der Waals surface area (Å²) in [7, 11) is 2.10. The van der Waals surface area contributed by atoms with Crippen LogP contribution in [0.5, 0.6) is 5.88 Å². The smallest absolute Gasteiger partial charge is 0.236 e. The highest BCUT2D eigenvalue weighted by atomic mass is 19.1. The highest BCUT2D eigenvalue weighted by Gasteiger charge is 2.20. The van der Waals surface area contributed by atoms with Crippen LogP contribution in [0.1, 0.15) is 18.4 Å². The van der Waals surface area contributed by atoms with Crippen molar-refractivity contribution >= 4 is 0 Å². The van der Waals surface area contributed by atoms with Crippen LogP contribution in [0, 0.1) is 12.7 Å². The zero-order valence-corrected chi connectivity index (χ0v) is 12.9. The van der Waals surface area contributed by atoms with Gasteiger partial charge in [0, 0.05) is 17.7 Å². The van der Waals surface area contributed by atoms with E-state index in [1.807, 2.05) is 13.0 Å². The average molecular weight is 301 g/mol. The summed E-state index contributed by atoms with van der Waals surface area (Å²) in [4.78, 5) is 2.27. The molecule has 1 atom stereocenters. The van der Waals surface area contributed by atoms with E-state index in [1.165, 1.54) is 12.1 Å². The molecule has 0 amide bonds. The normalized spacial score (nSPS) is 19.1. The van der Waals surface area contributed by atoms with E-state index in [9.17, 15) is 4.39 Å². The molecule has 1 aliphatic rings. The molecule has 5 heteroatoms. The van der Waals surface area contributed by atoms with Crippen molar-refractivity contribution in [3.63, 3.8) is 0 Å². The number of halogens is 1. The molecule has 1 aliphatic heterocycles. The molecule has 0 unspecified atom stereocenters. The first-order chi connectivity index (χ1) is 10.6. The number of benzene rings is 1. The third-order valence-electron chi connectivity index (χ3n) is 3.94.